The Balaban J connectivity index is 2.39. The highest BCUT2D eigenvalue weighted by molar-refractivity contribution is 5.86. The quantitative estimate of drug-likeness (QED) is 0.692. The summed E-state index contributed by atoms with van der Waals surface area (Å²) in [5.41, 5.74) is 1.43. The van der Waals surface area contributed by atoms with Crippen molar-refractivity contribution in [1.82, 2.24) is 15.2 Å². The molecule has 0 aliphatic carbocycles. The number of H-pyrrole nitrogens is 1. The molecule has 2 aromatic heterocycles. The Labute approximate surface area is 79.1 Å². The number of rotatable bonds is 2. The zero-order valence-electron chi connectivity index (χ0n) is 7.14. The summed E-state index contributed by atoms with van der Waals surface area (Å²) < 4.78 is 0. The smallest absolute Gasteiger partial charge is 0.328 e. The Morgan fingerprint density at radius 3 is 3.14 bits per heavy atom. The molecule has 0 aliphatic heterocycles. The number of carboxylic acids is 1. The zero-order valence-corrected chi connectivity index (χ0v) is 7.14. The lowest BCUT2D eigenvalue weighted by atomic mass is 10.2. The van der Waals surface area contributed by atoms with E-state index in [-0.39, 0.29) is 0 Å². The van der Waals surface area contributed by atoms with Crippen LogP contribution in [0.4, 0.5) is 0 Å². The Morgan fingerprint density at radius 1 is 1.50 bits per heavy atom. The summed E-state index contributed by atoms with van der Waals surface area (Å²) in [5, 5.41) is 15.9. The fourth-order valence-electron chi connectivity index (χ4n) is 1.11. The van der Waals surface area contributed by atoms with E-state index in [2.05, 4.69) is 15.2 Å². The molecule has 0 aromatic carbocycles. The maximum absolute atomic E-state index is 10.3. The van der Waals surface area contributed by atoms with Gasteiger partial charge in [0, 0.05) is 11.5 Å². The largest absolute Gasteiger partial charge is 0.478 e. The molecular formula is C9H7N3O2. The van der Waals surface area contributed by atoms with Gasteiger partial charge in [0.2, 0.25) is 0 Å². The number of nitrogens with zero attached hydrogens (tertiary/aromatic N) is 2. The van der Waals surface area contributed by atoms with Crippen LogP contribution in [0.15, 0.2) is 24.5 Å². The van der Waals surface area contributed by atoms with Crippen molar-refractivity contribution in [3.63, 3.8) is 0 Å². The van der Waals surface area contributed by atoms with Crippen LogP contribution in [-0.2, 0) is 4.79 Å². The molecule has 5 nitrogen and oxygen atoms in total. The highest BCUT2D eigenvalue weighted by Gasteiger charge is 1.96. The van der Waals surface area contributed by atoms with Crippen LogP contribution in [0.5, 0.6) is 0 Å². The molecule has 0 amide bonds. The van der Waals surface area contributed by atoms with Crippen LogP contribution in [0, 0.1) is 0 Å². The number of hydrogen-bond donors (Lipinski definition) is 2. The molecule has 0 fully saturated rings. The van der Waals surface area contributed by atoms with E-state index in [1.807, 2.05) is 0 Å². The van der Waals surface area contributed by atoms with E-state index < -0.39 is 5.97 Å². The van der Waals surface area contributed by atoms with Gasteiger partial charge in [0.25, 0.3) is 0 Å². The lowest BCUT2D eigenvalue weighted by Gasteiger charge is -1.91. The van der Waals surface area contributed by atoms with Gasteiger partial charge in [0.15, 0.2) is 0 Å². The fourth-order valence-corrected chi connectivity index (χ4v) is 1.11. The molecule has 0 radical (unpaired) electrons. The van der Waals surface area contributed by atoms with E-state index in [4.69, 9.17) is 5.11 Å². The first-order valence-corrected chi connectivity index (χ1v) is 3.96. The monoisotopic (exact) mass is 189 g/mol. The number of aliphatic carboxylic acids is 1. The van der Waals surface area contributed by atoms with Crippen molar-refractivity contribution in [2.24, 2.45) is 0 Å². The molecule has 0 spiro atoms. The number of fused-ring (bicyclic) bond motifs is 1. The molecule has 0 atom stereocenters. The number of carboxylic acid groups (broad SMARTS) is 1. The Kier molecular flexibility index (Phi) is 1.98. The first-order chi connectivity index (χ1) is 6.75. The van der Waals surface area contributed by atoms with Crippen LogP contribution in [0.25, 0.3) is 17.0 Å². The summed E-state index contributed by atoms with van der Waals surface area (Å²) in [6.45, 7) is 0. The van der Waals surface area contributed by atoms with Crippen LogP contribution in [-0.4, -0.2) is 26.3 Å². The molecule has 2 aromatic rings. The summed E-state index contributed by atoms with van der Waals surface area (Å²) in [6.07, 6.45) is 5.77. The minimum atomic E-state index is -0.987. The van der Waals surface area contributed by atoms with Gasteiger partial charge in [0.05, 0.1) is 23.6 Å². The third kappa shape index (κ3) is 1.61. The lowest BCUT2D eigenvalue weighted by molar-refractivity contribution is -0.131. The third-order valence-electron chi connectivity index (χ3n) is 1.74. The van der Waals surface area contributed by atoms with Crippen molar-refractivity contribution < 1.29 is 9.90 Å². The zero-order chi connectivity index (χ0) is 9.97. The number of aromatic amines is 1. The summed E-state index contributed by atoms with van der Waals surface area (Å²) >= 11 is 0. The van der Waals surface area contributed by atoms with Gasteiger partial charge in [-0.2, -0.15) is 5.10 Å². The summed E-state index contributed by atoms with van der Waals surface area (Å²) in [4.78, 5) is 14.3. The second-order valence-electron chi connectivity index (χ2n) is 2.74. The molecule has 0 aliphatic rings. The Hall–Kier alpha value is -2.17. The van der Waals surface area contributed by atoms with Gasteiger partial charge >= 0.3 is 5.97 Å². The average molecular weight is 189 g/mol. The van der Waals surface area contributed by atoms with E-state index in [1.165, 1.54) is 6.08 Å². The van der Waals surface area contributed by atoms with E-state index >= 15 is 0 Å². The molecule has 70 valence electrons. The molecule has 2 N–H and O–H groups in total. The normalized spacial score (nSPS) is 11.1. The van der Waals surface area contributed by atoms with E-state index in [0.717, 1.165) is 17.0 Å². The van der Waals surface area contributed by atoms with Crippen LogP contribution >= 0.6 is 0 Å². The average Bonchev–Trinajstić information content (AvgIpc) is 2.61. The van der Waals surface area contributed by atoms with Crippen LogP contribution in [0.3, 0.4) is 0 Å². The maximum Gasteiger partial charge on any atom is 0.328 e. The van der Waals surface area contributed by atoms with Crippen molar-refractivity contribution >= 4 is 22.9 Å². The van der Waals surface area contributed by atoms with Crippen LogP contribution < -0.4 is 0 Å². The predicted molar refractivity (Wildman–Crippen MR) is 50.6 cm³/mol. The molecule has 0 bridgehead atoms. The number of carbonyl (C=O) groups is 1. The second-order valence-corrected chi connectivity index (χ2v) is 2.74. The van der Waals surface area contributed by atoms with Gasteiger partial charge in [-0.3, -0.25) is 10.1 Å². The molecule has 0 saturated heterocycles. The van der Waals surface area contributed by atoms with Gasteiger partial charge in [0.1, 0.15) is 0 Å². The number of hydrogen-bond acceptors (Lipinski definition) is 3. The Bertz CT molecular complexity index is 501. The van der Waals surface area contributed by atoms with Crippen molar-refractivity contribution in [2.45, 2.75) is 0 Å². The third-order valence-corrected chi connectivity index (χ3v) is 1.74. The first kappa shape index (κ1) is 8.43. The highest BCUT2D eigenvalue weighted by atomic mass is 16.4. The van der Waals surface area contributed by atoms with Crippen LogP contribution in [0.1, 0.15) is 5.69 Å². The lowest BCUT2D eigenvalue weighted by Crippen LogP contribution is -1.87. The standard InChI is InChI=1S/C9H7N3O2/c13-9(14)2-1-7-3-6-4-11-12-8(6)5-10-7/h1-5H,(H,11,12)(H,13,14). The van der Waals surface area contributed by atoms with Crippen molar-refractivity contribution in [3.8, 4) is 0 Å². The van der Waals surface area contributed by atoms with E-state index in [0.29, 0.717) is 5.69 Å². The van der Waals surface area contributed by atoms with Crippen LogP contribution in [0.2, 0.25) is 0 Å². The summed E-state index contributed by atoms with van der Waals surface area (Å²) in [7, 11) is 0. The number of nitrogens with one attached hydrogen (secondary N) is 1. The summed E-state index contributed by atoms with van der Waals surface area (Å²) in [6, 6.07) is 1.76. The van der Waals surface area contributed by atoms with E-state index in [1.54, 1.807) is 18.5 Å². The number of pyridine rings is 1. The first-order valence-electron chi connectivity index (χ1n) is 3.96. The van der Waals surface area contributed by atoms with Gasteiger partial charge in [-0.15, -0.1) is 0 Å². The molecule has 0 unspecified atom stereocenters. The summed E-state index contributed by atoms with van der Waals surface area (Å²) in [5.74, 6) is -0.987. The maximum atomic E-state index is 10.3. The van der Waals surface area contributed by atoms with Gasteiger partial charge < -0.3 is 5.11 Å². The molecular weight excluding hydrogens is 182 g/mol. The van der Waals surface area contributed by atoms with Crippen molar-refractivity contribution in [2.75, 3.05) is 0 Å². The van der Waals surface area contributed by atoms with E-state index in [9.17, 15) is 4.79 Å². The highest BCUT2D eigenvalue weighted by Crippen LogP contribution is 2.10. The predicted octanol–water partition coefficient (Wildman–Crippen LogP) is 1.06. The van der Waals surface area contributed by atoms with Gasteiger partial charge in [-0.1, -0.05) is 0 Å². The second kappa shape index (κ2) is 3.29. The molecule has 2 rings (SSSR count). The molecule has 0 saturated carbocycles. The minimum absolute atomic E-state index is 0.598. The van der Waals surface area contributed by atoms with Crippen molar-refractivity contribution in [3.05, 3.63) is 30.2 Å². The molecule has 14 heavy (non-hydrogen) atoms. The van der Waals surface area contributed by atoms with Crippen molar-refractivity contribution in [1.29, 1.82) is 0 Å². The SMILES string of the molecule is O=C(O)C=Cc1cc2cn[nH]c2cn1. The fraction of sp³-hybridized carbons (Fsp3) is 0. The van der Waals surface area contributed by atoms with Gasteiger partial charge in [-0.25, -0.2) is 4.79 Å². The Morgan fingerprint density at radius 2 is 2.36 bits per heavy atom. The molecule has 2 heterocycles. The minimum Gasteiger partial charge on any atom is -0.478 e. The number of aromatic nitrogens is 3. The molecule has 5 heteroatoms. The topological polar surface area (TPSA) is 78.9 Å². The van der Waals surface area contributed by atoms with Gasteiger partial charge in [-0.05, 0) is 12.1 Å².